The van der Waals surface area contributed by atoms with E-state index in [1.807, 2.05) is 68.1 Å². The van der Waals surface area contributed by atoms with Gasteiger partial charge >= 0.3 is 0 Å². The Hall–Kier alpha value is -4.21. The van der Waals surface area contributed by atoms with Gasteiger partial charge in [-0.05, 0) is 69.0 Å². The van der Waals surface area contributed by atoms with E-state index >= 15 is 0 Å². The molecule has 0 aliphatic carbocycles. The number of para-hydroxylation sites is 2. The van der Waals surface area contributed by atoms with Crippen LogP contribution in [0.1, 0.15) is 61.1 Å². The van der Waals surface area contributed by atoms with E-state index < -0.39 is 6.10 Å². The van der Waals surface area contributed by atoms with Gasteiger partial charge in [0.25, 0.3) is 5.91 Å². The molecule has 3 amide bonds. The van der Waals surface area contributed by atoms with Crippen LogP contribution < -0.4 is 14.5 Å². The molecule has 6 rings (SSSR count). The van der Waals surface area contributed by atoms with Gasteiger partial charge in [-0.25, -0.2) is 0 Å². The fraction of sp³-hybridized carbons (Fsp3) is 0.433. The quantitative estimate of drug-likeness (QED) is 0.480. The number of piperidine rings is 1. The van der Waals surface area contributed by atoms with Crippen molar-refractivity contribution in [3.8, 4) is 5.75 Å². The van der Waals surface area contributed by atoms with Crippen molar-refractivity contribution >= 4 is 29.1 Å². The highest BCUT2D eigenvalue weighted by Crippen LogP contribution is 2.38. The van der Waals surface area contributed by atoms with E-state index in [1.165, 1.54) is 5.56 Å². The Morgan fingerprint density at radius 1 is 1.05 bits per heavy atom. The van der Waals surface area contributed by atoms with Gasteiger partial charge in [0.1, 0.15) is 5.75 Å². The van der Waals surface area contributed by atoms with Crippen LogP contribution in [0.15, 0.2) is 47.0 Å². The predicted molar refractivity (Wildman–Crippen MR) is 147 cm³/mol. The van der Waals surface area contributed by atoms with Gasteiger partial charge in [-0.3, -0.25) is 14.4 Å². The third kappa shape index (κ3) is 4.61. The number of hydrogen-bond acceptors (Lipinski definition) is 7. The minimum Gasteiger partial charge on any atom is -0.470 e. The number of rotatable bonds is 5. The second-order valence-electron chi connectivity index (χ2n) is 10.8. The third-order valence-corrected chi connectivity index (χ3v) is 8.33. The Bertz CT molecular complexity index is 1460. The van der Waals surface area contributed by atoms with Crippen molar-refractivity contribution in [3.63, 3.8) is 0 Å². The third-order valence-electron chi connectivity index (χ3n) is 8.33. The fourth-order valence-corrected chi connectivity index (χ4v) is 5.85. The number of likely N-dealkylation sites (N-methyl/N-ethyl adjacent to an activating group) is 1. The van der Waals surface area contributed by atoms with E-state index in [2.05, 4.69) is 10.1 Å². The normalized spacial score (nSPS) is 21.5. The van der Waals surface area contributed by atoms with Gasteiger partial charge in [-0.2, -0.15) is 4.98 Å². The summed E-state index contributed by atoms with van der Waals surface area (Å²) in [7, 11) is 0. The summed E-state index contributed by atoms with van der Waals surface area (Å²) in [6, 6.07) is 13.4. The van der Waals surface area contributed by atoms with Crippen LogP contribution >= 0.6 is 0 Å². The Balaban J connectivity index is 1.08. The van der Waals surface area contributed by atoms with Gasteiger partial charge in [0.05, 0.1) is 11.6 Å². The average Bonchev–Trinajstić information content (AvgIpc) is 3.61. The molecule has 10 nitrogen and oxygen atoms in total. The molecule has 2 aromatic carbocycles. The molecule has 0 saturated carbocycles. The standard InChI is InChI=1S/C30H33N5O5/c1-4-34-23-7-5-6-8-24(23)39-26(30(34)38)27-31-28(40-32-27)20-11-13-33(14-12-20)29(37)21-16-25(36)35(17-21)22-10-9-18(2)19(3)15-22/h5-10,15,20-21,26H,4,11-14,16-17H2,1-3H3. The average molecular weight is 544 g/mol. The van der Waals surface area contributed by atoms with Crippen molar-refractivity contribution in [1.29, 1.82) is 0 Å². The first-order valence-corrected chi connectivity index (χ1v) is 13.9. The van der Waals surface area contributed by atoms with Crippen molar-refractivity contribution in [2.45, 2.75) is 52.1 Å². The number of ether oxygens (including phenoxy) is 1. The van der Waals surface area contributed by atoms with Gasteiger partial charge < -0.3 is 24.0 Å². The molecule has 10 heteroatoms. The summed E-state index contributed by atoms with van der Waals surface area (Å²) < 4.78 is 11.6. The number of aromatic nitrogens is 2. The Labute approximate surface area is 232 Å². The van der Waals surface area contributed by atoms with E-state index in [4.69, 9.17) is 9.26 Å². The predicted octanol–water partition coefficient (Wildman–Crippen LogP) is 3.93. The maximum absolute atomic E-state index is 13.3. The molecular weight excluding hydrogens is 510 g/mol. The summed E-state index contributed by atoms with van der Waals surface area (Å²) in [5.74, 6) is 0.682. The summed E-state index contributed by atoms with van der Waals surface area (Å²) in [4.78, 5) is 49.0. The van der Waals surface area contributed by atoms with Crippen molar-refractivity contribution < 1.29 is 23.6 Å². The number of carbonyl (C=O) groups excluding carboxylic acids is 3. The smallest absolute Gasteiger partial charge is 0.276 e. The molecule has 4 heterocycles. The number of aryl methyl sites for hydroxylation is 2. The van der Waals surface area contributed by atoms with Crippen molar-refractivity contribution in [1.82, 2.24) is 15.0 Å². The molecule has 40 heavy (non-hydrogen) atoms. The second kappa shape index (κ2) is 10.4. The highest BCUT2D eigenvalue weighted by molar-refractivity contribution is 6.01. The highest BCUT2D eigenvalue weighted by atomic mass is 16.5. The lowest BCUT2D eigenvalue weighted by Gasteiger charge is -2.32. The Kier molecular flexibility index (Phi) is 6.77. The molecule has 0 N–H and O–H groups in total. The summed E-state index contributed by atoms with van der Waals surface area (Å²) in [5.41, 5.74) is 3.87. The lowest BCUT2D eigenvalue weighted by atomic mass is 9.95. The maximum Gasteiger partial charge on any atom is 0.276 e. The first-order valence-electron chi connectivity index (χ1n) is 13.9. The molecule has 2 saturated heterocycles. The molecule has 2 unspecified atom stereocenters. The number of fused-ring (bicyclic) bond motifs is 1. The van der Waals surface area contributed by atoms with E-state index in [-0.39, 0.29) is 41.8 Å². The summed E-state index contributed by atoms with van der Waals surface area (Å²) in [6.07, 6.45) is 0.594. The molecule has 2 fully saturated rings. The SMILES string of the molecule is CCN1C(=O)C(c2noc(C3CCN(C(=O)C4CC(=O)N(c5ccc(C)c(C)c5)C4)CC3)n2)Oc2ccccc21. The topological polar surface area (TPSA) is 109 Å². The number of benzene rings is 2. The minimum atomic E-state index is -0.964. The first kappa shape index (κ1) is 26.0. The second-order valence-corrected chi connectivity index (χ2v) is 10.8. The van der Waals surface area contributed by atoms with Crippen LogP contribution in [0.4, 0.5) is 11.4 Å². The summed E-state index contributed by atoms with van der Waals surface area (Å²) >= 11 is 0. The first-order chi connectivity index (χ1) is 19.3. The number of likely N-dealkylation sites (tertiary alicyclic amines) is 1. The zero-order chi connectivity index (χ0) is 28.0. The molecule has 2 atom stereocenters. The van der Waals surface area contributed by atoms with E-state index in [0.29, 0.717) is 50.7 Å². The van der Waals surface area contributed by atoms with Crippen molar-refractivity contribution in [2.75, 3.05) is 36.0 Å². The van der Waals surface area contributed by atoms with E-state index in [1.54, 1.807) is 9.80 Å². The maximum atomic E-state index is 13.3. The van der Waals surface area contributed by atoms with Gasteiger partial charge in [-0.15, -0.1) is 0 Å². The number of nitrogens with zero attached hydrogens (tertiary/aromatic N) is 5. The summed E-state index contributed by atoms with van der Waals surface area (Å²) in [6.45, 7) is 7.98. The zero-order valence-corrected chi connectivity index (χ0v) is 23.0. The number of amides is 3. The lowest BCUT2D eigenvalue weighted by Crippen LogP contribution is -2.42. The largest absolute Gasteiger partial charge is 0.470 e. The molecule has 1 aromatic heterocycles. The minimum absolute atomic E-state index is 0.0152. The van der Waals surface area contributed by atoms with E-state index in [0.717, 1.165) is 16.9 Å². The number of carbonyl (C=O) groups is 3. The molecule has 208 valence electrons. The zero-order valence-electron chi connectivity index (χ0n) is 23.0. The van der Waals surface area contributed by atoms with Gasteiger partial charge in [0, 0.05) is 44.2 Å². The van der Waals surface area contributed by atoms with Crippen molar-refractivity contribution in [2.24, 2.45) is 5.92 Å². The highest BCUT2D eigenvalue weighted by Gasteiger charge is 2.40. The Morgan fingerprint density at radius 3 is 2.58 bits per heavy atom. The van der Waals surface area contributed by atoms with Crippen LogP contribution in [0.25, 0.3) is 0 Å². The molecule has 0 bridgehead atoms. The number of anilines is 2. The Morgan fingerprint density at radius 2 is 1.82 bits per heavy atom. The molecule has 0 spiro atoms. The molecule has 3 aromatic rings. The number of hydrogen-bond donors (Lipinski definition) is 0. The summed E-state index contributed by atoms with van der Waals surface area (Å²) in [5, 5.41) is 4.10. The van der Waals surface area contributed by atoms with Crippen LogP contribution in [-0.2, 0) is 14.4 Å². The van der Waals surface area contributed by atoms with Gasteiger partial charge in [0.15, 0.2) is 0 Å². The van der Waals surface area contributed by atoms with Crippen LogP contribution in [0.5, 0.6) is 5.75 Å². The lowest BCUT2D eigenvalue weighted by molar-refractivity contribution is -0.136. The van der Waals surface area contributed by atoms with Crippen LogP contribution in [0, 0.1) is 19.8 Å². The molecule has 3 aliphatic rings. The van der Waals surface area contributed by atoms with Crippen molar-refractivity contribution in [3.05, 3.63) is 65.3 Å². The monoisotopic (exact) mass is 543 g/mol. The molecular formula is C30H33N5O5. The van der Waals surface area contributed by atoms with Gasteiger partial charge in [0.2, 0.25) is 29.6 Å². The van der Waals surface area contributed by atoms with Crippen LogP contribution in [0.3, 0.4) is 0 Å². The van der Waals surface area contributed by atoms with Crippen LogP contribution in [-0.4, -0.2) is 58.9 Å². The van der Waals surface area contributed by atoms with E-state index in [9.17, 15) is 14.4 Å². The molecule has 0 radical (unpaired) electrons. The fourth-order valence-electron chi connectivity index (χ4n) is 5.85. The van der Waals surface area contributed by atoms with Crippen LogP contribution in [0.2, 0.25) is 0 Å². The molecule has 3 aliphatic heterocycles. The van der Waals surface area contributed by atoms with Gasteiger partial charge in [-0.1, -0.05) is 23.4 Å².